The fourth-order valence-electron chi connectivity index (χ4n) is 4.00. The molecule has 8 nitrogen and oxygen atoms in total. The minimum Gasteiger partial charge on any atom is -0.395 e. The first-order chi connectivity index (χ1) is 17.0. The monoisotopic (exact) mass is 514 g/mol. The number of benzene rings is 1. The number of hydrogen-bond acceptors (Lipinski definition) is 8. The summed E-state index contributed by atoms with van der Waals surface area (Å²) in [4.78, 5) is 31.1. The average molecular weight is 515 g/mol. The van der Waals surface area contributed by atoms with Gasteiger partial charge in [0.25, 0.3) is 0 Å². The van der Waals surface area contributed by atoms with E-state index in [-0.39, 0.29) is 18.8 Å². The maximum atomic E-state index is 12.8. The molecule has 0 bridgehead atoms. The van der Waals surface area contributed by atoms with Gasteiger partial charge in [-0.25, -0.2) is 9.97 Å². The normalized spacial score (nSPS) is 14.2. The smallest absolute Gasteiger partial charge is 0.227 e. The topological polar surface area (TPSA) is 94.5 Å². The zero-order valence-corrected chi connectivity index (χ0v) is 21.1. The van der Waals surface area contributed by atoms with E-state index in [0.29, 0.717) is 39.7 Å². The predicted octanol–water partition coefficient (Wildman–Crippen LogP) is 4.02. The molecule has 1 aliphatic rings. The third-order valence-electron chi connectivity index (χ3n) is 5.89. The van der Waals surface area contributed by atoms with Crippen molar-refractivity contribution in [3.8, 4) is 0 Å². The molecule has 0 atom stereocenters. The number of nitrogens with zero attached hydrogens (tertiary/aromatic N) is 5. The van der Waals surface area contributed by atoms with Crippen molar-refractivity contribution in [1.82, 2.24) is 19.9 Å². The van der Waals surface area contributed by atoms with Crippen LogP contribution in [-0.4, -0.2) is 70.1 Å². The van der Waals surface area contributed by atoms with Gasteiger partial charge in [-0.3, -0.25) is 9.69 Å². The lowest BCUT2D eigenvalue weighted by Crippen LogP contribution is -2.47. The van der Waals surface area contributed by atoms with Gasteiger partial charge in [-0.15, -0.1) is 0 Å². The predicted molar refractivity (Wildman–Crippen MR) is 139 cm³/mol. The maximum Gasteiger partial charge on any atom is 0.227 e. The number of ketones is 1. The number of nitrogens with one attached hydrogen (secondary N) is 1. The second-order valence-electron chi connectivity index (χ2n) is 8.32. The molecule has 2 N–H and O–H groups in total. The molecule has 0 aliphatic carbocycles. The highest BCUT2D eigenvalue weighted by atomic mass is 35.5. The average Bonchev–Trinajstić information content (AvgIpc) is 2.84. The van der Waals surface area contributed by atoms with Gasteiger partial charge in [0.05, 0.1) is 22.2 Å². The van der Waals surface area contributed by atoms with E-state index < -0.39 is 0 Å². The molecule has 3 heterocycles. The number of aliphatic hydroxyl groups excluding tert-OH is 1. The van der Waals surface area contributed by atoms with Gasteiger partial charge in [0.15, 0.2) is 5.78 Å². The fraction of sp³-hybridized carbons (Fsp3) is 0.360. The van der Waals surface area contributed by atoms with E-state index in [9.17, 15) is 9.90 Å². The zero-order valence-electron chi connectivity index (χ0n) is 19.5. The summed E-state index contributed by atoms with van der Waals surface area (Å²) in [7, 11) is 0. The van der Waals surface area contributed by atoms with Crippen LogP contribution in [0.4, 0.5) is 17.6 Å². The molecule has 1 aromatic carbocycles. The van der Waals surface area contributed by atoms with Gasteiger partial charge in [0.2, 0.25) is 5.95 Å². The number of rotatable bonds is 9. The van der Waals surface area contributed by atoms with Gasteiger partial charge in [-0.1, -0.05) is 36.2 Å². The summed E-state index contributed by atoms with van der Waals surface area (Å²) in [6, 6.07) is 10.6. The molecule has 35 heavy (non-hydrogen) atoms. The third kappa shape index (κ3) is 6.46. The number of β-amino-alcohol motifs (C(OH)–C–C–N with tert-alkyl or cyclic N) is 1. The summed E-state index contributed by atoms with van der Waals surface area (Å²) in [5.74, 6) is 1.75. The van der Waals surface area contributed by atoms with E-state index in [2.05, 4.69) is 27.0 Å². The first-order valence-electron chi connectivity index (χ1n) is 11.6. The largest absolute Gasteiger partial charge is 0.395 e. The Morgan fingerprint density at radius 1 is 1.06 bits per heavy atom. The summed E-state index contributed by atoms with van der Waals surface area (Å²) >= 11 is 12.4. The highest BCUT2D eigenvalue weighted by Gasteiger charge is 2.20. The highest BCUT2D eigenvalue weighted by Crippen LogP contribution is 2.26. The van der Waals surface area contributed by atoms with Crippen LogP contribution in [0.2, 0.25) is 10.0 Å². The summed E-state index contributed by atoms with van der Waals surface area (Å²) in [5.41, 5.74) is 2.04. The van der Waals surface area contributed by atoms with Crippen LogP contribution in [0.5, 0.6) is 0 Å². The second kappa shape index (κ2) is 11.8. The Bertz CT molecular complexity index is 1160. The number of aryl methyl sites for hydroxylation is 1. The molecule has 4 rings (SSSR count). The molecule has 0 saturated carbocycles. The van der Waals surface area contributed by atoms with Crippen LogP contribution >= 0.6 is 23.2 Å². The number of pyridine rings is 1. The van der Waals surface area contributed by atoms with E-state index in [0.717, 1.165) is 43.9 Å². The molecule has 10 heteroatoms. The van der Waals surface area contributed by atoms with Crippen molar-refractivity contribution in [2.45, 2.75) is 19.8 Å². The van der Waals surface area contributed by atoms with Gasteiger partial charge < -0.3 is 15.3 Å². The Hall–Kier alpha value is -2.78. The molecule has 1 aliphatic heterocycles. The Balaban J connectivity index is 1.49. The van der Waals surface area contributed by atoms with Gasteiger partial charge in [0, 0.05) is 57.1 Å². The SMILES string of the molecule is CCc1cc(Nc2cc(CC(=O)c3c(Cl)cccc3Cl)ccn2)nc(N2CCN(CCO)CC2)n1. The van der Waals surface area contributed by atoms with Crippen molar-refractivity contribution in [3.05, 3.63) is 69.5 Å². The number of carbonyl (C=O) groups excluding carboxylic acids is 1. The second-order valence-corrected chi connectivity index (χ2v) is 9.14. The first kappa shape index (κ1) is 25.3. The van der Waals surface area contributed by atoms with Crippen LogP contribution in [0.25, 0.3) is 0 Å². The molecule has 3 aromatic rings. The molecule has 0 spiro atoms. The van der Waals surface area contributed by atoms with Crippen molar-refractivity contribution in [2.75, 3.05) is 49.5 Å². The van der Waals surface area contributed by atoms with Crippen LogP contribution in [0.3, 0.4) is 0 Å². The molecule has 0 unspecified atom stereocenters. The number of piperazine rings is 1. The Labute approximate surface area is 214 Å². The highest BCUT2D eigenvalue weighted by molar-refractivity contribution is 6.39. The molecule has 1 fully saturated rings. The summed E-state index contributed by atoms with van der Waals surface area (Å²) in [5, 5.41) is 13.1. The number of aromatic nitrogens is 3. The molecule has 2 aromatic heterocycles. The summed E-state index contributed by atoms with van der Waals surface area (Å²) in [6.45, 7) is 6.22. The Morgan fingerprint density at radius 3 is 2.49 bits per heavy atom. The van der Waals surface area contributed by atoms with Crippen LogP contribution in [0.1, 0.15) is 28.5 Å². The van der Waals surface area contributed by atoms with E-state index in [1.165, 1.54) is 0 Å². The van der Waals surface area contributed by atoms with E-state index in [1.807, 2.05) is 12.1 Å². The first-order valence-corrected chi connectivity index (χ1v) is 12.4. The molecule has 1 saturated heterocycles. The molecule has 0 amide bonds. The van der Waals surface area contributed by atoms with Crippen molar-refractivity contribution in [1.29, 1.82) is 0 Å². The van der Waals surface area contributed by atoms with Gasteiger partial charge in [-0.05, 0) is 36.2 Å². The van der Waals surface area contributed by atoms with Gasteiger partial charge >= 0.3 is 0 Å². The van der Waals surface area contributed by atoms with Gasteiger partial charge in [-0.2, -0.15) is 4.98 Å². The number of carbonyl (C=O) groups is 1. The summed E-state index contributed by atoms with van der Waals surface area (Å²) in [6.07, 6.45) is 2.58. The van der Waals surface area contributed by atoms with E-state index in [1.54, 1.807) is 30.5 Å². The molecular formula is C25H28Cl2N6O2. The van der Waals surface area contributed by atoms with Crippen molar-refractivity contribution < 1.29 is 9.90 Å². The minimum absolute atomic E-state index is 0.147. The van der Waals surface area contributed by atoms with Crippen LogP contribution < -0.4 is 10.2 Å². The number of anilines is 3. The number of halogens is 2. The van der Waals surface area contributed by atoms with Crippen LogP contribution in [0.15, 0.2) is 42.6 Å². The Morgan fingerprint density at radius 2 is 1.80 bits per heavy atom. The Kier molecular flexibility index (Phi) is 8.51. The lowest BCUT2D eigenvalue weighted by molar-refractivity contribution is 0.0993. The van der Waals surface area contributed by atoms with Crippen molar-refractivity contribution >= 4 is 46.6 Å². The molecule has 0 radical (unpaired) electrons. The standard InChI is InChI=1S/C25H28Cl2N6O2/c1-2-18-16-23(31-25(29-18)33-10-8-32(9-11-33)12-13-34)30-22-15-17(6-7-28-22)14-21(35)24-19(26)4-3-5-20(24)27/h3-7,15-16,34H,2,8-14H2,1H3,(H,28,29,30,31). The van der Waals surface area contributed by atoms with E-state index >= 15 is 0 Å². The zero-order chi connectivity index (χ0) is 24.8. The van der Waals surface area contributed by atoms with Gasteiger partial charge in [0.1, 0.15) is 11.6 Å². The summed E-state index contributed by atoms with van der Waals surface area (Å²) < 4.78 is 0. The van der Waals surface area contributed by atoms with Crippen molar-refractivity contribution in [3.63, 3.8) is 0 Å². The third-order valence-corrected chi connectivity index (χ3v) is 6.52. The molecular weight excluding hydrogens is 487 g/mol. The van der Waals surface area contributed by atoms with Crippen LogP contribution in [-0.2, 0) is 12.8 Å². The minimum atomic E-state index is -0.157. The lowest BCUT2D eigenvalue weighted by atomic mass is 10.0. The lowest BCUT2D eigenvalue weighted by Gasteiger charge is -2.34. The fourth-order valence-corrected chi connectivity index (χ4v) is 4.61. The van der Waals surface area contributed by atoms with Crippen LogP contribution in [0, 0.1) is 0 Å². The molecule has 184 valence electrons. The number of Topliss-reactive ketones (excluding diaryl/α,β-unsaturated/α-hetero) is 1. The number of hydrogen-bond donors (Lipinski definition) is 2. The number of aliphatic hydroxyl groups is 1. The maximum absolute atomic E-state index is 12.8. The quantitative estimate of drug-likeness (QED) is 0.413. The van der Waals surface area contributed by atoms with Crippen molar-refractivity contribution in [2.24, 2.45) is 0 Å². The van der Waals surface area contributed by atoms with E-state index in [4.69, 9.17) is 33.2 Å².